The van der Waals surface area contributed by atoms with E-state index in [0.29, 0.717) is 0 Å². The first-order valence-electron chi connectivity index (χ1n) is 9.01. The third kappa shape index (κ3) is 3.66. The predicted octanol–water partition coefficient (Wildman–Crippen LogP) is 4.70. The molecule has 4 rings (SSSR count). The Bertz CT molecular complexity index is 1300. The minimum atomic E-state index is -3.96. The number of nitrogens with one attached hydrogen (secondary N) is 1. The number of carbonyl (C=O) groups is 1. The van der Waals surface area contributed by atoms with Gasteiger partial charge in [-0.05, 0) is 36.2 Å². The molecule has 2 heterocycles. The van der Waals surface area contributed by atoms with Crippen LogP contribution in [0.3, 0.4) is 0 Å². The molecule has 29 heavy (non-hydrogen) atoms. The summed E-state index contributed by atoms with van der Waals surface area (Å²) in [5.74, 6) is -0.808. The molecule has 0 aliphatic carbocycles. The molecule has 0 radical (unpaired) electrons. The second-order valence-corrected chi connectivity index (χ2v) is 9.93. The van der Waals surface area contributed by atoms with Gasteiger partial charge in [0.1, 0.15) is 11.8 Å². The molecule has 2 aromatic heterocycles. The zero-order valence-electron chi connectivity index (χ0n) is 15.7. The molecule has 0 aliphatic heterocycles. The number of sulfonamides is 1. The minimum absolute atomic E-state index is 0.0507. The predicted molar refractivity (Wildman–Crippen MR) is 114 cm³/mol. The van der Waals surface area contributed by atoms with Crippen LogP contribution < -0.4 is 4.72 Å². The first-order chi connectivity index (χ1) is 13.8. The van der Waals surface area contributed by atoms with E-state index in [1.807, 2.05) is 30.3 Å². The fraction of sp³-hybridized carbons (Fsp3) is 0.190. The van der Waals surface area contributed by atoms with Gasteiger partial charge in [0.2, 0.25) is 10.0 Å². The van der Waals surface area contributed by atoms with Crippen molar-refractivity contribution in [1.29, 1.82) is 0 Å². The van der Waals surface area contributed by atoms with Gasteiger partial charge < -0.3 is 9.52 Å². The highest BCUT2D eigenvalue weighted by atomic mass is 32.2. The van der Waals surface area contributed by atoms with Crippen molar-refractivity contribution in [1.82, 2.24) is 4.72 Å². The zero-order chi connectivity index (χ0) is 20.8. The van der Waals surface area contributed by atoms with Crippen LogP contribution in [0, 0.1) is 5.92 Å². The van der Waals surface area contributed by atoms with Crippen LogP contribution in [0.1, 0.15) is 13.8 Å². The number of benzene rings is 2. The molecular formula is C21H19NO5S2. The van der Waals surface area contributed by atoms with Crippen molar-refractivity contribution in [2.45, 2.75) is 24.8 Å². The van der Waals surface area contributed by atoms with E-state index in [1.165, 1.54) is 17.4 Å². The van der Waals surface area contributed by atoms with Gasteiger partial charge in [0.15, 0.2) is 0 Å². The number of carboxylic acid groups (broad SMARTS) is 1. The average molecular weight is 430 g/mol. The number of hydrogen-bond donors (Lipinski definition) is 2. The van der Waals surface area contributed by atoms with Gasteiger partial charge in [-0.1, -0.05) is 32.0 Å². The number of hydrogen-bond acceptors (Lipinski definition) is 5. The maximum Gasteiger partial charge on any atom is 0.322 e. The van der Waals surface area contributed by atoms with Gasteiger partial charge in [-0.25, -0.2) is 8.42 Å². The van der Waals surface area contributed by atoms with Crippen LogP contribution in [0.15, 0.2) is 64.1 Å². The molecular weight excluding hydrogens is 410 g/mol. The summed E-state index contributed by atoms with van der Waals surface area (Å²) in [5.41, 5.74) is 0.949. The second kappa shape index (κ2) is 7.29. The third-order valence-corrected chi connectivity index (χ3v) is 7.33. The number of rotatable bonds is 6. The van der Waals surface area contributed by atoms with Gasteiger partial charge in [0.25, 0.3) is 0 Å². The maximum absolute atomic E-state index is 12.7. The van der Waals surface area contributed by atoms with Crippen molar-refractivity contribution in [3.8, 4) is 11.3 Å². The van der Waals surface area contributed by atoms with Crippen molar-refractivity contribution >= 4 is 47.5 Å². The number of furan rings is 1. The summed E-state index contributed by atoms with van der Waals surface area (Å²) >= 11 is 1.48. The molecule has 0 aliphatic rings. The van der Waals surface area contributed by atoms with E-state index in [1.54, 1.807) is 32.2 Å². The van der Waals surface area contributed by atoms with Gasteiger partial charge >= 0.3 is 5.97 Å². The molecule has 0 fully saturated rings. The van der Waals surface area contributed by atoms with Crippen LogP contribution in [-0.2, 0) is 14.8 Å². The molecule has 2 aromatic carbocycles. The lowest BCUT2D eigenvalue weighted by Gasteiger charge is -2.18. The summed E-state index contributed by atoms with van der Waals surface area (Å²) in [6, 6.07) is 13.4. The number of thiophene rings is 1. The Hall–Kier alpha value is -2.68. The smallest absolute Gasteiger partial charge is 0.322 e. The Morgan fingerprint density at radius 1 is 1.07 bits per heavy atom. The van der Waals surface area contributed by atoms with Gasteiger partial charge in [-0.3, -0.25) is 4.79 Å². The highest BCUT2D eigenvalue weighted by molar-refractivity contribution is 7.89. The molecule has 8 heteroatoms. The van der Waals surface area contributed by atoms with Crippen molar-refractivity contribution in [2.75, 3.05) is 0 Å². The summed E-state index contributed by atoms with van der Waals surface area (Å²) in [7, 11) is -3.96. The van der Waals surface area contributed by atoms with Crippen LogP contribution in [0.2, 0.25) is 0 Å². The molecule has 0 spiro atoms. The molecule has 0 saturated carbocycles. The highest BCUT2D eigenvalue weighted by Gasteiger charge is 2.28. The SMILES string of the molecule is CC(C)[C@@H](NS(=O)(=O)c1ccc2c(c1)sc1cc(-c3ccco3)ccc12)C(=O)O. The minimum Gasteiger partial charge on any atom is -0.480 e. The van der Waals surface area contributed by atoms with Crippen LogP contribution in [0.5, 0.6) is 0 Å². The molecule has 6 nitrogen and oxygen atoms in total. The highest BCUT2D eigenvalue weighted by Crippen LogP contribution is 2.37. The fourth-order valence-corrected chi connectivity index (χ4v) is 5.85. The zero-order valence-corrected chi connectivity index (χ0v) is 17.4. The topological polar surface area (TPSA) is 96.6 Å². The van der Waals surface area contributed by atoms with Crippen molar-refractivity contribution in [3.05, 3.63) is 54.8 Å². The quantitative estimate of drug-likeness (QED) is 0.463. The van der Waals surface area contributed by atoms with Gasteiger partial charge in [-0.15, -0.1) is 11.3 Å². The van der Waals surface area contributed by atoms with Crippen molar-refractivity contribution in [3.63, 3.8) is 0 Å². The molecule has 0 amide bonds. The van der Waals surface area contributed by atoms with E-state index < -0.39 is 22.0 Å². The molecule has 0 saturated heterocycles. The lowest BCUT2D eigenvalue weighted by molar-refractivity contribution is -0.140. The van der Waals surface area contributed by atoms with E-state index in [0.717, 1.165) is 31.5 Å². The maximum atomic E-state index is 12.7. The summed E-state index contributed by atoms with van der Waals surface area (Å²) in [6.07, 6.45) is 1.62. The van der Waals surface area contributed by atoms with E-state index in [9.17, 15) is 18.3 Å². The lowest BCUT2D eigenvalue weighted by Crippen LogP contribution is -2.44. The summed E-state index contributed by atoms with van der Waals surface area (Å²) in [4.78, 5) is 11.4. The number of carboxylic acids is 1. The normalized spacial score (nSPS) is 13.3. The fourth-order valence-electron chi connectivity index (χ4n) is 3.23. The average Bonchev–Trinajstić information content (AvgIpc) is 3.32. The van der Waals surface area contributed by atoms with Crippen LogP contribution in [-0.4, -0.2) is 25.5 Å². The van der Waals surface area contributed by atoms with Crippen LogP contribution >= 0.6 is 11.3 Å². The van der Waals surface area contributed by atoms with Crippen LogP contribution in [0.4, 0.5) is 0 Å². The lowest BCUT2D eigenvalue weighted by atomic mass is 10.1. The molecule has 1 atom stereocenters. The van der Waals surface area contributed by atoms with E-state index in [-0.39, 0.29) is 10.8 Å². The summed E-state index contributed by atoms with van der Waals surface area (Å²) in [5, 5.41) is 11.3. The Balaban J connectivity index is 1.75. The van der Waals surface area contributed by atoms with Gasteiger partial charge in [0, 0.05) is 25.7 Å². The van der Waals surface area contributed by atoms with Crippen molar-refractivity contribution in [2.24, 2.45) is 5.92 Å². The molecule has 150 valence electrons. The number of aliphatic carboxylic acids is 1. The summed E-state index contributed by atoms with van der Waals surface area (Å²) in [6.45, 7) is 3.32. The molecule has 4 aromatic rings. The first kappa shape index (κ1) is 19.6. The van der Waals surface area contributed by atoms with E-state index >= 15 is 0 Å². The molecule has 0 bridgehead atoms. The Labute approximate surface area is 171 Å². The summed E-state index contributed by atoms with van der Waals surface area (Å²) < 4.78 is 35.1. The first-order valence-corrected chi connectivity index (χ1v) is 11.3. The van der Waals surface area contributed by atoms with E-state index in [2.05, 4.69) is 4.72 Å². The Morgan fingerprint density at radius 2 is 1.76 bits per heavy atom. The number of fused-ring (bicyclic) bond motifs is 3. The second-order valence-electron chi connectivity index (χ2n) is 7.13. The van der Waals surface area contributed by atoms with Crippen molar-refractivity contribution < 1.29 is 22.7 Å². The van der Waals surface area contributed by atoms with Gasteiger partial charge in [-0.2, -0.15) is 4.72 Å². The molecule has 0 unspecified atom stereocenters. The molecule has 2 N–H and O–H groups in total. The monoisotopic (exact) mass is 429 g/mol. The largest absolute Gasteiger partial charge is 0.480 e. The van der Waals surface area contributed by atoms with Gasteiger partial charge in [0.05, 0.1) is 11.2 Å². The van der Waals surface area contributed by atoms with Crippen LogP contribution in [0.25, 0.3) is 31.5 Å². The third-order valence-electron chi connectivity index (χ3n) is 4.78. The Kier molecular flexibility index (Phi) is 4.94. The standard InChI is InChI=1S/C21H19NO5S2/c1-12(2)20(21(23)24)22-29(25,26)14-6-8-16-15-7-5-13(17-4-3-9-27-17)10-18(15)28-19(16)11-14/h3-12,20,22H,1-2H3,(H,23,24)/t20-/m1/s1. The van der Waals surface area contributed by atoms with E-state index in [4.69, 9.17) is 4.42 Å². The Morgan fingerprint density at radius 3 is 2.38 bits per heavy atom.